The predicted molar refractivity (Wildman–Crippen MR) is 105 cm³/mol. The molecule has 0 aliphatic carbocycles. The summed E-state index contributed by atoms with van der Waals surface area (Å²) in [6.07, 6.45) is 1.68. The van der Waals surface area contributed by atoms with Crippen molar-refractivity contribution in [1.29, 1.82) is 0 Å². The van der Waals surface area contributed by atoms with Crippen molar-refractivity contribution in [2.45, 2.75) is 32.2 Å². The molecule has 2 rings (SSSR count). The Kier molecular flexibility index (Phi) is 9.09. The molecule has 1 aromatic rings. The van der Waals surface area contributed by atoms with Gasteiger partial charge in [0.2, 0.25) is 5.91 Å². The van der Waals surface area contributed by atoms with E-state index in [2.05, 4.69) is 15.6 Å². The topological polar surface area (TPSA) is 56.7 Å². The van der Waals surface area contributed by atoms with E-state index in [9.17, 15) is 13.6 Å². The number of amides is 1. The second kappa shape index (κ2) is 10.5. The number of guanidine groups is 1. The number of nitrogens with zero attached hydrogens (tertiary/aromatic N) is 2. The van der Waals surface area contributed by atoms with Gasteiger partial charge in [-0.2, -0.15) is 0 Å². The first-order chi connectivity index (χ1) is 11.5. The van der Waals surface area contributed by atoms with Crippen LogP contribution in [0.2, 0.25) is 0 Å². The lowest BCUT2D eigenvalue weighted by Crippen LogP contribution is -2.51. The number of carbonyl (C=O) groups excluding carboxylic acids is 1. The SMILES string of the molecule is CCNC(=NCCc1ccc(F)cc1F)NC1CCC(=O)N(C)C1.I. The smallest absolute Gasteiger partial charge is 0.222 e. The van der Waals surface area contributed by atoms with Gasteiger partial charge in [0.15, 0.2) is 5.96 Å². The third-order valence-electron chi connectivity index (χ3n) is 3.98. The molecule has 1 unspecified atom stereocenters. The van der Waals surface area contributed by atoms with Gasteiger partial charge in [-0.15, -0.1) is 24.0 Å². The number of benzene rings is 1. The van der Waals surface area contributed by atoms with Gasteiger partial charge in [0.25, 0.3) is 0 Å². The molecule has 0 spiro atoms. The molecule has 0 radical (unpaired) electrons. The number of halogens is 3. The highest BCUT2D eigenvalue weighted by Gasteiger charge is 2.23. The lowest BCUT2D eigenvalue weighted by molar-refractivity contribution is -0.132. The fourth-order valence-electron chi connectivity index (χ4n) is 2.66. The average Bonchev–Trinajstić information content (AvgIpc) is 2.53. The number of hydrogen-bond donors (Lipinski definition) is 2. The minimum atomic E-state index is -0.578. The molecule has 1 atom stereocenters. The van der Waals surface area contributed by atoms with Crippen LogP contribution in [0.4, 0.5) is 8.78 Å². The first-order valence-corrected chi connectivity index (χ1v) is 8.22. The van der Waals surface area contributed by atoms with Gasteiger partial charge in [-0.05, 0) is 31.4 Å². The summed E-state index contributed by atoms with van der Waals surface area (Å²) in [6.45, 7) is 3.70. The molecule has 0 aromatic heterocycles. The molecule has 2 N–H and O–H groups in total. The van der Waals surface area contributed by atoms with E-state index < -0.39 is 11.6 Å². The number of likely N-dealkylation sites (N-methyl/N-ethyl adjacent to an activating group) is 1. The van der Waals surface area contributed by atoms with Gasteiger partial charge in [-0.25, -0.2) is 8.78 Å². The lowest BCUT2D eigenvalue weighted by atomic mass is 10.1. The van der Waals surface area contributed by atoms with Crippen LogP contribution in [-0.4, -0.2) is 49.5 Å². The Bertz CT molecular complexity index is 612. The molecular weight excluding hydrogens is 441 g/mol. The second-order valence-electron chi connectivity index (χ2n) is 5.90. The van der Waals surface area contributed by atoms with Gasteiger partial charge in [0, 0.05) is 45.2 Å². The van der Waals surface area contributed by atoms with Gasteiger partial charge in [0.1, 0.15) is 11.6 Å². The fourth-order valence-corrected chi connectivity index (χ4v) is 2.66. The minimum absolute atomic E-state index is 0. The zero-order chi connectivity index (χ0) is 17.5. The Morgan fingerprint density at radius 1 is 1.40 bits per heavy atom. The molecule has 1 saturated heterocycles. The molecule has 0 saturated carbocycles. The quantitative estimate of drug-likeness (QED) is 0.398. The minimum Gasteiger partial charge on any atom is -0.357 e. The highest BCUT2D eigenvalue weighted by atomic mass is 127. The van der Waals surface area contributed by atoms with Crippen LogP contribution in [0.25, 0.3) is 0 Å². The number of carbonyl (C=O) groups is 1. The van der Waals surface area contributed by atoms with E-state index in [1.807, 2.05) is 6.92 Å². The summed E-state index contributed by atoms with van der Waals surface area (Å²) < 4.78 is 26.5. The van der Waals surface area contributed by atoms with Gasteiger partial charge >= 0.3 is 0 Å². The van der Waals surface area contributed by atoms with Crippen LogP contribution in [0, 0.1) is 11.6 Å². The van der Waals surface area contributed by atoms with Crippen molar-refractivity contribution in [1.82, 2.24) is 15.5 Å². The van der Waals surface area contributed by atoms with E-state index in [0.29, 0.717) is 44.0 Å². The van der Waals surface area contributed by atoms with E-state index >= 15 is 0 Å². The normalized spacial score (nSPS) is 17.9. The average molecular weight is 466 g/mol. The summed E-state index contributed by atoms with van der Waals surface area (Å²) in [5.74, 6) is -0.323. The van der Waals surface area contributed by atoms with Crippen molar-refractivity contribution in [3.63, 3.8) is 0 Å². The highest BCUT2D eigenvalue weighted by Crippen LogP contribution is 2.11. The second-order valence-corrected chi connectivity index (χ2v) is 5.90. The molecule has 1 amide bonds. The van der Waals surface area contributed by atoms with E-state index in [-0.39, 0.29) is 35.9 Å². The highest BCUT2D eigenvalue weighted by molar-refractivity contribution is 14.0. The van der Waals surface area contributed by atoms with Crippen LogP contribution in [0.15, 0.2) is 23.2 Å². The monoisotopic (exact) mass is 466 g/mol. The third kappa shape index (κ3) is 6.75. The summed E-state index contributed by atoms with van der Waals surface area (Å²) in [4.78, 5) is 17.7. The zero-order valence-electron chi connectivity index (χ0n) is 14.5. The molecule has 1 heterocycles. The van der Waals surface area contributed by atoms with E-state index in [1.54, 1.807) is 11.9 Å². The van der Waals surface area contributed by atoms with Crippen molar-refractivity contribution in [3.05, 3.63) is 35.4 Å². The van der Waals surface area contributed by atoms with Gasteiger partial charge < -0.3 is 15.5 Å². The number of likely N-dealkylation sites (tertiary alicyclic amines) is 1. The molecule has 25 heavy (non-hydrogen) atoms. The van der Waals surface area contributed by atoms with Crippen LogP contribution >= 0.6 is 24.0 Å². The fraction of sp³-hybridized carbons (Fsp3) is 0.529. The standard InChI is InChI=1S/C17H24F2N4O.HI/c1-3-20-17(22-14-6-7-16(24)23(2)11-14)21-9-8-12-4-5-13(18)10-15(12)19;/h4-5,10,14H,3,6-9,11H2,1-2H3,(H2,20,21,22);1H. The Morgan fingerprint density at radius 2 is 2.16 bits per heavy atom. The number of hydrogen-bond acceptors (Lipinski definition) is 2. The molecule has 1 aromatic carbocycles. The van der Waals surface area contributed by atoms with Crippen molar-refractivity contribution in [2.75, 3.05) is 26.7 Å². The third-order valence-corrected chi connectivity index (χ3v) is 3.98. The maximum Gasteiger partial charge on any atom is 0.222 e. The molecule has 0 bridgehead atoms. The van der Waals surface area contributed by atoms with Crippen molar-refractivity contribution >= 4 is 35.8 Å². The largest absolute Gasteiger partial charge is 0.357 e. The molecule has 8 heteroatoms. The number of aliphatic imine (C=N–C) groups is 1. The summed E-state index contributed by atoms with van der Waals surface area (Å²) in [5.41, 5.74) is 0.444. The van der Waals surface area contributed by atoms with E-state index in [0.717, 1.165) is 12.5 Å². The Balaban J connectivity index is 0.00000312. The summed E-state index contributed by atoms with van der Waals surface area (Å²) in [5, 5.41) is 6.46. The predicted octanol–water partition coefficient (Wildman–Crippen LogP) is 2.30. The zero-order valence-corrected chi connectivity index (χ0v) is 16.8. The maximum atomic E-state index is 13.6. The molecule has 1 aliphatic rings. The van der Waals surface area contributed by atoms with Crippen molar-refractivity contribution in [3.8, 4) is 0 Å². The number of piperidine rings is 1. The van der Waals surface area contributed by atoms with Crippen LogP contribution in [0.3, 0.4) is 0 Å². The molecule has 1 aliphatic heterocycles. The van der Waals surface area contributed by atoms with Crippen molar-refractivity contribution < 1.29 is 13.6 Å². The summed E-state index contributed by atoms with van der Waals surface area (Å²) >= 11 is 0. The summed E-state index contributed by atoms with van der Waals surface area (Å²) in [6, 6.07) is 3.73. The van der Waals surface area contributed by atoms with Crippen LogP contribution in [0.5, 0.6) is 0 Å². The molecule has 5 nitrogen and oxygen atoms in total. The molecule has 140 valence electrons. The van der Waals surface area contributed by atoms with Gasteiger partial charge in [0.05, 0.1) is 0 Å². The summed E-state index contributed by atoms with van der Waals surface area (Å²) in [7, 11) is 1.79. The van der Waals surface area contributed by atoms with Crippen LogP contribution < -0.4 is 10.6 Å². The first-order valence-electron chi connectivity index (χ1n) is 8.22. The van der Waals surface area contributed by atoms with Gasteiger partial charge in [-0.1, -0.05) is 6.07 Å². The Hall–Kier alpha value is -1.45. The Morgan fingerprint density at radius 3 is 2.80 bits per heavy atom. The number of nitrogens with one attached hydrogen (secondary N) is 2. The Labute approximate surface area is 164 Å². The van der Waals surface area contributed by atoms with E-state index in [4.69, 9.17) is 0 Å². The van der Waals surface area contributed by atoms with Gasteiger partial charge in [-0.3, -0.25) is 9.79 Å². The lowest BCUT2D eigenvalue weighted by Gasteiger charge is -2.31. The van der Waals surface area contributed by atoms with Crippen molar-refractivity contribution in [2.24, 2.45) is 4.99 Å². The molecule has 1 fully saturated rings. The van der Waals surface area contributed by atoms with Crippen LogP contribution in [0.1, 0.15) is 25.3 Å². The van der Waals surface area contributed by atoms with Crippen LogP contribution in [-0.2, 0) is 11.2 Å². The maximum absolute atomic E-state index is 13.6. The number of rotatable bonds is 5. The molecular formula is C17H25F2IN4O. The van der Waals surface area contributed by atoms with E-state index in [1.165, 1.54) is 12.1 Å². The first kappa shape index (κ1) is 21.6.